The lowest BCUT2D eigenvalue weighted by Crippen LogP contribution is -2.36. The Morgan fingerprint density at radius 3 is 2.70 bits per heavy atom. The third kappa shape index (κ3) is 5.25. The highest BCUT2D eigenvalue weighted by molar-refractivity contribution is 7.89. The van der Waals surface area contributed by atoms with Crippen LogP contribution in [-0.2, 0) is 14.8 Å². The number of pyridine rings is 1. The quantitative estimate of drug-likeness (QED) is 0.527. The average Bonchev–Trinajstić information content (AvgIpc) is 2.68. The van der Waals surface area contributed by atoms with Gasteiger partial charge in [0.05, 0.1) is 27.0 Å². The zero-order valence-electron chi connectivity index (χ0n) is 15.1. The molecule has 10 heteroatoms. The molecule has 0 aliphatic heterocycles. The van der Waals surface area contributed by atoms with Gasteiger partial charge in [-0.1, -0.05) is 6.07 Å². The van der Waals surface area contributed by atoms with E-state index in [-0.39, 0.29) is 10.6 Å². The molecule has 1 amide bonds. The fourth-order valence-corrected chi connectivity index (χ4v) is 3.40. The van der Waals surface area contributed by atoms with E-state index in [1.165, 1.54) is 39.6 Å². The highest BCUT2D eigenvalue weighted by Crippen LogP contribution is 2.29. The van der Waals surface area contributed by atoms with Crippen molar-refractivity contribution in [3.05, 3.63) is 48.3 Å². The average molecular weight is 392 g/mol. The van der Waals surface area contributed by atoms with Crippen molar-refractivity contribution >= 4 is 22.1 Å². The molecule has 144 valence electrons. The number of carbonyl (C=O) groups is 1. The molecule has 0 fully saturated rings. The Labute approximate surface area is 157 Å². The van der Waals surface area contributed by atoms with Crippen LogP contribution in [0.3, 0.4) is 0 Å². The fourth-order valence-electron chi connectivity index (χ4n) is 2.11. The summed E-state index contributed by atoms with van der Waals surface area (Å²) < 4.78 is 36.6. The van der Waals surface area contributed by atoms with E-state index in [1.54, 1.807) is 30.6 Å². The smallest absolute Gasteiger partial charge is 0.255 e. The van der Waals surface area contributed by atoms with Gasteiger partial charge in [0.25, 0.3) is 5.91 Å². The summed E-state index contributed by atoms with van der Waals surface area (Å²) in [6, 6.07) is 7.89. The van der Waals surface area contributed by atoms with Crippen LogP contribution >= 0.6 is 0 Å². The van der Waals surface area contributed by atoms with Crippen molar-refractivity contribution < 1.29 is 22.7 Å². The molecule has 0 radical (unpaired) electrons. The van der Waals surface area contributed by atoms with Crippen LogP contribution in [-0.4, -0.2) is 57.6 Å². The Bertz CT molecular complexity index is 916. The summed E-state index contributed by atoms with van der Waals surface area (Å²) in [5.41, 5.74) is 2.97. The number of ether oxygens (including phenoxy) is 2. The maximum Gasteiger partial charge on any atom is 0.255 e. The molecule has 1 aromatic heterocycles. The van der Waals surface area contributed by atoms with Crippen LogP contribution in [0.4, 0.5) is 0 Å². The Balaban J connectivity index is 2.08. The molecular weight excluding hydrogens is 372 g/mol. The van der Waals surface area contributed by atoms with Crippen LogP contribution in [0.15, 0.2) is 52.7 Å². The van der Waals surface area contributed by atoms with E-state index >= 15 is 0 Å². The Morgan fingerprint density at radius 2 is 2.07 bits per heavy atom. The first-order valence-corrected chi connectivity index (χ1v) is 9.22. The molecule has 0 aliphatic rings. The largest absolute Gasteiger partial charge is 0.497 e. The molecule has 0 unspecified atom stereocenters. The third-order valence-electron chi connectivity index (χ3n) is 3.51. The van der Waals surface area contributed by atoms with E-state index in [2.05, 4.69) is 15.5 Å². The lowest BCUT2D eigenvalue weighted by molar-refractivity contribution is -0.121. The van der Waals surface area contributed by atoms with Gasteiger partial charge < -0.3 is 9.47 Å². The normalized spacial score (nSPS) is 11.6. The number of nitrogens with zero attached hydrogens (tertiary/aromatic N) is 3. The van der Waals surface area contributed by atoms with Gasteiger partial charge in [-0.25, -0.2) is 13.8 Å². The topological polar surface area (TPSA) is 110 Å². The van der Waals surface area contributed by atoms with E-state index in [0.29, 0.717) is 11.3 Å². The summed E-state index contributed by atoms with van der Waals surface area (Å²) in [4.78, 5) is 15.8. The van der Waals surface area contributed by atoms with Gasteiger partial charge in [0.2, 0.25) is 10.0 Å². The van der Waals surface area contributed by atoms with Gasteiger partial charge in [-0.05, 0) is 18.2 Å². The van der Waals surface area contributed by atoms with Crippen molar-refractivity contribution in [3.63, 3.8) is 0 Å². The molecule has 0 saturated heterocycles. The number of benzene rings is 1. The first kappa shape index (κ1) is 20.3. The molecule has 27 heavy (non-hydrogen) atoms. The summed E-state index contributed by atoms with van der Waals surface area (Å²) in [5.74, 6) is -0.0889. The predicted octanol–water partition coefficient (Wildman–Crippen LogP) is 0.870. The maximum atomic E-state index is 12.8. The van der Waals surface area contributed by atoms with Crippen molar-refractivity contribution in [2.75, 3.05) is 27.8 Å². The van der Waals surface area contributed by atoms with Crippen molar-refractivity contribution in [1.82, 2.24) is 14.7 Å². The Morgan fingerprint density at radius 1 is 1.30 bits per heavy atom. The van der Waals surface area contributed by atoms with Crippen molar-refractivity contribution in [2.45, 2.75) is 4.90 Å². The van der Waals surface area contributed by atoms with Gasteiger partial charge in [-0.15, -0.1) is 0 Å². The molecule has 1 N–H and O–H groups in total. The number of hydrazone groups is 1. The standard InChI is InChI=1S/C17H20N4O5S/c1-21(12-17(22)20-19-11-13-5-4-8-18-10-13)27(23,24)16-9-14(25-2)6-7-15(16)26-3/h4-11H,12H2,1-3H3,(H,20,22)/b19-11+. The second kappa shape index (κ2) is 9.10. The molecule has 0 spiro atoms. The minimum absolute atomic E-state index is 0.0986. The van der Waals surface area contributed by atoms with Crippen LogP contribution in [0.2, 0.25) is 0 Å². The molecule has 0 atom stereocenters. The summed E-state index contributed by atoms with van der Waals surface area (Å²) in [7, 11) is 0.0974. The van der Waals surface area contributed by atoms with E-state index in [4.69, 9.17) is 9.47 Å². The molecule has 1 aromatic carbocycles. The molecule has 0 bridgehead atoms. The predicted molar refractivity (Wildman–Crippen MR) is 99.3 cm³/mol. The number of hydrogen-bond acceptors (Lipinski definition) is 7. The fraction of sp³-hybridized carbons (Fsp3) is 0.235. The molecule has 2 aromatic rings. The van der Waals surface area contributed by atoms with Gasteiger partial charge >= 0.3 is 0 Å². The van der Waals surface area contributed by atoms with Gasteiger partial charge in [-0.2, -0.15) is 9.41 Å². The van der Waals surface area contributed by atoms with Crippen molar-refractivity contribution in [1.29, 1.82) is 0 Å². The number of sulfonamides is 1. The molecule has 9 nitrogen and oxygen atoms in total. The second-order valence-corrected chi connectivity index (χ2v) is 7.37. The van der Waals surface area contributed by atoms with Crippen LogP contribution in [0, 0.1) is 0 Å². The van der Waals surface area contributed by atoms with Gasteiger partial charge in [-0.3, -0.25) is 9.78 Å². The number of rotatable bonds is 8. The molecule has 2 rings (SSSR count). The maximum absolute atomic E-state index is 12.8. The van der Waals surface area contributed by atoms with E-state index in [1.807, 2.05) is 0 Å². The van der Waals surface area contributed by atoms with Gasteiger partial charge in [0.15, 0.2) is 0 Å². The number of methoxy groups -OCH3 is 2. The van der Waals surface area contributed by atoms with E-state index in [0.717, 1.165) is 4.31 Å². The van der Waals surface area contributed by atoms with Crippen LogP contribution in [0.25, 0.3) is 0 Å². The summed E-state index contributed by atoms with van der Waals surface area (Å²) in [6.07, 6.45) is 4.59. The number of hydrogen-bond donors (Lipinski definition) is 1. The zero-order valence-corrected chi connectivity index (χ0v) is 15.9. The number of carbonyl (C=O) groups excluding carboxylic acids is 1. The second-order valence-electron chi connectivity index (χ2n) is 5.36. The zero-order chi connectivity index (χ0) is 19.9. The lowest BCUT2D eigenvalue weighted by Gasteiger charge is -2.18. The highest BCUT2D eigenvalue weighted by Gasteiger charge is 2.27. The highest BCUT2D eigenvalue weighted by atomic mass is 32.2. The minimum Gasteiger partial charge on any atom is -0.497 e. The van der Waals surface area contributed by atoms with Crippen LogP contribution in [0.1, 0.15) is 5.56 Å². The van der Waals surface area contributed by atoms with Crippen molar-refractivity contribution in [2.24, 2.45) is 5.10 Å². The Hall–Kier alpha value is -2.98. The summed E-state index contributed by atoms with van der Waals surface area (Å²) in [5, 5.41) is 3.78. The Kier molecular flexibility index (Phi) is 6.85. The van der Waals surface area contributed by atoms with Gasteiger partial charge in [0, 0.05) is 31.1 Å². The number of amides is 1. The summed E-state index contributed by atoms with van der Waals surface area (Å²) >= 11 is 0. The first-order valence-electron chi connectivity index (χ1n) is 7.78. The molecule has 0 saturated carbocycles. The van der Waals surface area contributed by atoms with E-state index < -0.39 is 22.5 Å². The molecule has 1 heterocycles. The monoisotopic (exact) mass is 392 g/mol. The first-order chi connectivity index (χ1) is 12.9. The molecular formula is C17H20N4O5S. The number of nitrogens with one attached hydrogen (secondary N) is 1. The number of aromatic nitrogens is 1. The van der Waals surface area contributed by atoms with Crippen LogP contribution in [0.5, 0.6) is 11.5 Å². The summed E-state index contributed by atoms with van der Waals surface area (Å²) in [6.45, 7) is -0.424. The SMILES string of the molecule is COc1ccc(OC)c(S(=O)(=O)N(C)CC(=O)N/N=C/c2cccnc2)c1. The van der Waals surface area contributed by atoms with Gasteiger partial charge in [0.1, 0.15) is 16.4 Å². The lowest BCUT2D eigenvalue weighted by atomic mass is 10.3. The van der Waals surface area contributed by atoms with Crippen LogP contribution < -0.4 is 14.9 Å². The number of likely N-dealkylation sites (N-methyl/N-ethyl adjacent to an activating group) is 1. The van der Waals surface area contributed by atoms with Crippen molar-refractivity contribution in [3.8, 4) is 11.5 Å². The van der Waals surface area contributed by atoms with E-state index in [9.17, 15) is 13.2 Å². The molecule has 0 aliphatic carbocycles. The third-order valence-corrected chi connectivity index (χ3v) is 5.34. The minimum atomic E-state index is -3.98.